The van der Waals surface area contributed by atoms with Crippen LogP contribution in [0.25, 0.3) is 0 Å². The Balaban J connectivity index is 1.51. The molecule has 26 heavy (non-hydrogen) atoms. The molecule has 6 nitrogen and oxygen atoms in total. The van der Waals surface area contributed by atoms with Gasteiger partial charge in [-0.25, -0.2) is 9.78 Å². The van der Waals surface area contributed by atoms with Crippen LogP contribution in [0.3, 0.4) is 0 Å². The molecule has 2 aromatic rings. The molecular formula is C20H26N4O2. The molecule has 0 radical (unpaired) electrons. The molecule has 0 aliphatic carbocycles. The zero-order valence-corrected chi connectivity index (χ0v) is 15.2. The van der Waals surface area contributed by atoms with E-state index in [1.54, 1.807) is 13.3 Å². The Morgan fingerprint density at radius 1 is 1.04 bits per heavy atom. The third kappa shape index (κ3) is 4.95. The number of hydrogen-bond acceptors (Lipinski definition) is 4. The molecule has 1 aromatic heterocycles. The fourth-order valence-electron chi connectivity index (χ4n) is 3.22. The smallest absolute Gasteiger partial charge is 0.315 e. The number of likely N-dealkylation sites (tertiary alicyclic amines) is 1. The first-order valence-electron chi connectivity index (χ1n) is 9.05. The Labute approximate surface area is 154 Å². The second-order valence-electron chi connectivity index (χ2n) is 6.46. The fraction of sp³-hybridized carbons (Fsp3) is 0.400. The first kappa shape index (κ1) is 18.2. The van der Waals surface area contributed by atoms with Gasteiger partial charge in [-0.05, 0) is 43.1 Å². The molecule has 2 N–H and O–H groups in total. The number of pyridine rings is 1. The van der Waals surface area contributed by atoms with Gasteiger partial charge in [-0.2, -0.15) is 0 Å². The number of urea groups is 1. The molecule has 1 aliphatic heterocycles. The predicted octanol–water partition coefficient (Wildman–Crippen LogP) is 2.69. The molecule has 3 rings (SSSR count). The molecule has 0 spiro atoms. The van der Waals surface area contributed by atoms with E-state index in [2.05, 4.69) is 38.7 Å². The lowest BCUT2D eigenvalue weighted by Crippen LogP contribution is -2.35. The summed E-state index contributed by atoms with van der Waals surface area (Å²) in [6, 6.07) is 11.8. The van der Waals surface area contributed by atoms with Crippen LogP contribution in [0.4, 0.5) is 4.79 Å². The predicted molar refractivity (Wildman–Crippen MR) is 101 cm³/mol. The summed E-state index contributed by atoms with van der Waals surface area (Å²) in [6.45, 7) is 4.16. The van der Waals surface area contributed by atoms with Crippen molar-refractivity contribution in [3.8, 4) is 5.88 Å². The standard InChI is InChI=1S/C20H26N4O2/c1-26-19-17(9-6-10-21-19)14-23-20(25)22-13-16-7-2-3-8-18(16)15-24-11-4-5-12-24/h2-3,6-10H,4-5,11-15H2,1H3,(H2,22,23,25). The highest BCUT2D eigenvalue weighted by molar-refractivity contribution is 5.73. The molecule has 0 unspecified atom stereocenters. The minimum absolute atomic E-state index is 0.202. The summed E-state index contributed by atoms with van der Waals surface area (Å²) in [7, 11) is 1.57. The van der Waals surface area contributed by atoms with E-state index >= 15 is 0 Å². The van der Waals surface area contributed by atoms with Crippen LogP contribution in [0.1, 0.15) is 29.5 Å². The van der Waals surface area contributed by atoms with Crippen molar-refractivity contribution in [3.63, 3.8) is 0 Å². The van der Waals surface area contributed by atoms with Crippen molar-refractivity contribution in [2.75, 3.05) is 20.2 Å². The van der Waals surface area contributed by atoms with E-state index in [1.807, 2.05) is 18.2 Å². The van der Waals surface area contributed by atoms with E-state index in [0.717, 1.165) is 30.8 Å². The molecule has 138 valence electrons. The summed E-state index contributed by atoms with van der Waals surface area (Å²) in [5.41, 5.74) is 3.29. The zero-order valence-electron chi connectivity index (χ0n) is 15.2. The molecule has 0 atom stereocenters. The summed E-state index contributed by atoms with van der Waals surface area (Å²) < 4.78 is 5.20. The number of ether oxygens (including phenoxy) is 1. The van der Waals surface area contributed by atoms with Crippen LogP contribution < -0.4 is 15.4 Å². The van der Waals surface area contributed by atoms with Gasteiger partial charge < -0.3 is 15.4 Å². The van der Waals surface area contributed by atoms with Crippen LogP contribution in [0.2, 0.25) is 0 Å². The summed E-state index contributed by atoms with van der Waals surface area (Å²) >= 11 is 0. The van der Waals surface area contributed by atoms with E-state index < -0.39 is 0 Å². The molecular weight excluding hydrogens is 328 g/mol. The zero-order chi connectivity index (χ0) is 18.2. The fourth-order valence-corrected chi connectivity index (χ4v) is 3.22. The third-order valence-electron chi connectivity index (χ3n) is 4.63. The molecule has 6 heteroatoms. The number of carbonyl (C=O) groups excluding carboxylic acids is 1. The lowest BCUT2D eigenvalue weighted by molar-refractivity contribution is 0.240. The lowest BCUT2D eigenvalue weighted by Gasteiger charge is -2.18. The average molecular weight is 354 g/mol. The maximum Gasteiger partial charge on any atom is 0.315 e. The molecule has 1 aromatic carbocycles. The quantitative estimate of drug-likeness (QED) is 0.802. The molecule has 1 fully saturated rings. The highest BCUT2D eigenvalue weighted by atomic mass is 16.5. The second kappa shape index (κ2) is 9.20. The van der Waals surface area contributed by atoms with E-state index in [1.165, 1.54) is 18.4 Å². The van der Waals surface area contributed by atoms with Crippen LogP contribution >= 0.6 is 0 Å². The maximum atomic E-state index is 12.2. The number of methoxy groups -OCH3 is 1. The summed E-state index contributed by atoms with van der Waals surface area (Å²) in [5, 5.41) is 5.80. The molecule has 2 heterocycles. The Kier molecular flexibility index (Phi) is 6.44. The van der Waals surface area contributed by atoms with Gasteiger partial charge >= 0.3 is 6.03 Å². The first-order chi connectivity index (χ1) is 12.8. The van der Waals surface area contributed by atoms with Gasteiger partial charge in [-0.1, -0.05) is 30.3 Å². The van der Waals surface area contributed by atoms with Crippen molar-refractivity contribution in [2.24, 2.45) is 0 Å². The minimum atomic E-state index is -0.202. The number of carbonyl (C=O) groups is 1. The normalized spacial score (nSPS) is 14.2. The van der Waals surface area contributed by atoms with Gasteiger partial charge in [0.2, 0.25) is 5.88 Å². The monoisotopic (exact) mass is 354 g/mol. The lowest BCUT2D eigenvalue weighted by atomic mass is 10.1. The third-order valence-corrected chi connectivity index (χ3v) is 4.63. The highest BCUT2D eigenvalue weighted by Gasteiger charge is 2.14. The second-order valence-corrected chi connectivity index (χ2v) is 6.46. The van der Waals surface area contributed by atoms with Gasteiger partial charge in [0, 0.05) is 31.4 Å². The van der Waals surface area contributed by atoms with Crippen LogP contribution in [-0.2, 0) is 19.6 Å². The van der Waals surface area contributed by atoms with E-state index in [4.69, 9.17) is 4.74 Å². The van der Waals surface area contributed by atoms with E-state index in [0.29, 0.717) is 19.0 Å². The van der Waals surface area contributed by atoms with Gasteiger partial charge in [0.1, 0.15) is 0 Å². The molecule has 1 saturated heterocycles. The van der Waals surface area contributed by atoms with Crippen molar-refractivity contribution < 1.29 is 9.53 Å². The van der Waals surface area contributed by atoms with Crippen LogP contribution in [0.15, 0.2) is 42.6 Å². The average Bonchev–Trinajstić information content (AvgIpc) is 3.19. The number of aromatic nitrogens is 1. The van der Waals surface area contributed by atoms with Gasteiger partial charge in [0.05, 0.1) is 7.11 Å². The Morgan fingerprint density at radius 3 is 2.42 bits per heavy atom. The number of amides is 2. The van der Waals surface area contributed by atoms with Crippen LogP contribution in [-0.4, -0.2) is 36.1 Å². The number of nitrogens with zero attached hydrogens (tertiary/aromatic N) is 2. The van der Waals surface area contributed by atoms with Gasteiger partial charge in [-0.15, -0.1) is 0 Å². The largest absolute Gasteiger partial charge is 0.481 e. The van der Waals surface area contributed by atoms with E-state index in [-0.39, 0.29) is 6.03 Å². The SMILES string of the molecule is COc1ncccc1CNC(=O)NCc1ccccc1CN1CCCC1. The summed E-state index contributed by atoms with van der Waals surface area (Å²) in [6.07, 6.45) is 4.22. The van der Waals surface area contributed by atoms with Gasteiger partial charge in [0.15, 0.2) is 0 Å². The molecule has 2 amide bonds. The van der Waals surface area contributed by atoms with Crippen molar-refractivity contribution in [1.29, 1.82) is 0 Å². The van der Waals surface area contributed by atoms with Gasteiger partial charge in [-0.3, -0.25) is 4.90 Å². The summed E-state index contributed by atoms with van der Waals surface area (Å²) in [5.74, 6) is 0.531. The van der Waals surface area contributed by atoms with Crippen LogP contribution in [0.5, 0.6) is 5.88 Å². The topological polar surface area (TPSA) is 66.5 Å². The van der Waals surface area contributed by atoms with Crippen molar-refractivity contribution >= 4 is 6.03 Å². The molecule has 0 bridgehead atoms. The minimum Gasteiger partial charge on any atom is -0.481 e. The van der Waals surface area contributed by atoms with Gasteiger partial charge in [0.25, 0.3) is 0 Å². The van der Waals surface area contributed by atoms with Crippen molar-refractivity contribution in [1.82, 2.24) is 20.5 Å². The summed E-state index contributed by atoms with van der Waals surface area (Å²) in [4.78, 5) is 18.7. The van der Waals surface area contributed by atoms with Crippen LogP contribution in [0, 0.1) is 0 Å². The van der Waals surface area contributed by atoms with E-state index in [9.17, 15) is 4.79 Å². The Bertz CT molecular complexity index is 729. The number of rotatable bonds is 7. The number of nitrogens with one attached hydrogen (secondary N) is 2. The highest BCUT2D eigenvalue weighted by Crippen LogP contribution is 2.16. The molecule has 0 saturated carbocycles. The van der Waals surface area contributed by atoms with Crippen molar-refractivity contribution in [2.45, 2.75) is 32.5 Å². The number of hydrogen-bond donors (Lipinski definition) is 2. The maximum absolute atomic E-state index is 12.2. The molecule has 1 aliphatic rings. The van der Waals surface area contributed by atoms with Crippen molar-refractivity contribution in [3.05, 3.63) is 59.3 Å². The Hall–Kier alpha value is -2.60. The number of benzene rings is 1. The Morgan fingerprint density at radius 2 is 1.69 bits per heavy atom. The first-order valence-corrected chi connectivity index (χ1v) is 9.05.